The molecule has 0 bridgehead atoms. The van der Waals surface area contributed by atoms with Gasteiger partial charge in [0, 0.05) is 0 Å². The van der Waals surface area contributed by atoms with Gasteiger partial charge >= 0.3 is 6.03 Å². The summed E-state index contributed by atoms with van der Waals surface area (Å²) in [5, 5.41) is 14.1. The van der Waals surface area contributed by atoms with Crippen molar-refractivity contribution in [3.8, 4) is 5.75 Å². The predicted octanol–water partition coefficient (Wildman–Crippen LogP) is 1.13. The molecule has 0 aliphatic carbocycles. The standard InChI is InChI=1S/C13H20N2O3/c1-10(9-16)15-13(17)14-8-11(2)18-12-6-4-3-5-7-12/h3-7,10-11,16H,8-9H2,1-2H3,(H2,14,15,17). The van der Waals surface area contributed by atoms with Gasteiger partial charge in [-0.05, 0) is 26.0 Å². The van der Waals surface area contributed by atoms with E-state index >= 15 is 0 Å². The smallest absolute Gasteiger partial charge is 0.315 e. The number of aliphatic hydroxyl groups is 1. The van der Waals surface area contributed by atoms with Crippen LogP contribution < -0.4 is 15.4 Å². The summed E-state index contributed by atoms with van der Waals surface area (Å²) in [6, 6.07) is 8.88. The second-order valence-corrected chi connectivity index (χ2v) is 4.18. The maximum Gasteiger partial charge on any atom is 0.315 e. The number of carbonyl (C=O) groups excluding carboxylic acids is 1. The van der Waals surface area contributed by atoms with Gasteiger partial charge in [-0.1, -0.05) is 18.2 Å². The van der Waals surface area contributed by atoms with Gasteiger partial charge in [0.05, 0.1) is 19.2 Å². The zero-order valence-corrected chi connectivity index (χ0v) is 10.7. The summed E-state index contributed by atoms with van der Waals surface area (Å²) >= 11 is 0. The maximum absolute atomic E-state index is 11.4. The van der Waals surface area contributed by atoms with Crippen LogP contribution in [0.15, 0.2) is 30.3 Å². The first-order valence-electron chi connectivity index (χ1n) is 5.98. The number of amides is 2. The number of ether oxygens (including phenoxy) is 1. The minimum atomic E-state index is -0.305. The average molecular weight is 252 g/mol. The number of rotatable bonds is 6. The van der Waals surface area contributed by atoms with Crippen molar-refractivity contribution in [2.45, 2.75) is 26.0 Å². The fourth-order valence-corrected chi connectivity index (χ4v) is 1.33. The predicted molar refractivity (Wildman–Crippen MR) is 69.6 cm³/mol. The third-order valence-corrected chi connectivity index (χ3v) is 2.28. The largest absolute Gasteiger partial charge is 0.489 e. The van der Waals surface area contributed by atoms with Crippen molar-refractivity contribution in [2.24, 2.45) is 0 Å². The van der Waals surface area contributed by atoms with Gasteiger partial charge in [0.25, 0.3) is 0 Å². The molecule has 0 fully saturated rings. The lowest BCUT2D eigenvalue weighted by Gasteiger charge is -2.17. The van der Waals surface area contributed by atoms with Crippen LogP contribution in [0.1, 0.15) is 13.8 Å². The molecule has 0 aromatic heterocycles. The summed E-state index contributed by atoms with van der Waals surface area (Å²) in [6.07, 6.45) is -0.123. The van der Waals surface area contributed by atoms with E-state index in [1.54, 1.807) is 6.92 Å². The quantitative estimate of drug-likeness (QED) is 0.711. The Balaban J connectivity index is 2.25. The molecule has 0 heterocycles. The van der Waals surface area contributed by atoms with Crippen LogP contribution >= 0.6 is 0 Å². The summed E-state index contributed by atoms with van der Waals surface area (Å²) in [5.74, 6) is 0.774. The SMILES string of the molecule is CC(CO)NC(=O)NCC(C)Oc1ccccc1. The van der Waals surface area contributed by atoms with Crippen molar-refractivity contribution in [3.05, 3.63) is 30.3 Å². The van der Waals surface area contributed by atoms with Gasteiger partial charge < -0.3 is 20.5 Å². The average Bonchev–Trinajstić information content (AvgIpc) is 2.37. The highest BCUT2D eigenvalue weighted by Crippen LogP contribution is 2.10. The number of hydrogen-bond donors (Lipinski definition) is 3. The van der Waals surface area contributed by atoms with Gasteiger partial charge in [-0.2, -0.15) is 0 Å². The number of benzene rings is 1. The van der Waals surface area contributed by atoms with Gasteiger partial charge in [0.2, 0.25) is 0 Å². The first kappa shape index (κ1) is 14.3. The highest BCUT2D eigenvalue weighted by atomic mass is 16.5. The Labute approximate surface area is 107 Å². The summed E-state index contributed by atoms with van der Waals surface area (Å²) in [4.78, 5) is 11.4. The van der Waals surface area contributed by atoms with Gasteiger partial charge in [-0.25, -0.2) is 4.79 Å². The van der Waals surface area contributed by atoms with Crippen LogP contribution in [0, 0.1) is 0 Å². The van der Waals surface area contributed by atoms with E-state index in [9.17, 15) is 4.79 Å². The molecule has 0 aliphatic rings. The molecule has 0 radical (unpaired) electrons. The van der Waals surface area contributed by atoms with Crippen LogP contribution in [-0.2, 0) is 0 Å². The summed E-state index contributed by atoms with van der Waals surface area (Å²) < 4.78 is 5.60. The van der Waals surface area contributed by atoms with Crippen molar-refractivity contribution in [1.82, 2.24) is 10.6 Å². The second kappa shape index (κ2) is 7.55. The Hall–Kier alpha value is -1.75. The summed E-state index contributed by atoms with van der Waals surface area (Å²) in [7, 11) is 0. The summed E-state index contributed by atoms with van der Waals surface area (Å²) in [5.41, 5.74) is 0. The van der Waals surface area contributed by atoms with Crippen LogP contribution in [0.5, 0.6) is 5.75 Å². The minimum absolute atomic E-state index is 0.0799. The molecule has 0 saturated heterocycles. The van der Waals surface area contributed by atoms with Crippen molar-refractivity contribution in [1.29, 1.82) is 0 Å². The number of hydrogen-bond acceptors (Lipinski definition) is 3. The molecule has 5 heteroatoms. The summed E-state index contributed by atoms with van der Waals surface area (Å²) in [6.45, 7) is 3.93. The lowest BCUT2D eigenvalue weighted by Crippen LogP contribution is -2.45. The molecule has 0 aliphatic heterocycles. The third kappa shape index (κ3) is 5.54. The van der Waals surface area contributed by atoms with E-state index in [0.29, 0.717) is 6.54 Å². The zero-order valence-electron chi connectivity index (χ0n) is 10.7. The Bertz CT molecular complexity index is 357. The maximum atomic E-state index is 11.4. The lowest BCUT2D eigenvalue weighted by atomic mass is 10.3. The monoisotopic (exact) mass is 252 g/mol. The minimum Gasteiger partial charge on any atom is -0.489 e. The van der Waals surface area contributed by atoms with E-state index in [2.05, 4.69) is 10.6 Å². The molecule has 1 aromatic carbocycles. The third-order valence-electron chi connectivity index (χ3n) is 2.28. The van der Waals surface area contributed by atoms with Gasteiger partial charge in [-0.3, -0.25) is 0 Å². The molecule has 100 valence electrons. The zero-order chi connectivity index (χ0) is 13.4. The number of nitrogens with one attached hydrogen (secondary N) is 2. The molecule has 2 amide bonds. The topological polar surface area (TPSA) is 70.6 Å². The second-order valence-electron chi connectivity index (χ2n) is 4.18. The van der Waals surface area contributed by atoms with E-state index in [1.807, 2.05) is 37.3 Å². The Morgan fingerprint density at radius 1 is 1.33 bits per heavy atom. The highest BCUT2D eigenvalue weighted by Gasteiger charge is 2.08. The molecule has 2 atom stereocenters. The van der Waals surface area contributed by atoms with Crippen molar-refractivity contribution < 1.29 is 14.6 Å². The van der Waals surface area contributed by atoms with Crippen LogP contribution in [0.2, 0.25) is 0 Å². The van der Waals surface area contributed by atoms with Crippen LogP contribution in [0.4, 0.5) is 4.79 Å². The first-order valence-corrected chi connectivity index (χ1v) is 5.98. The molecule has 18 heavy (non-hydrogen) atoms. The number of aliphatic hydroxyl groups excluding tert-OH is 1. The van der Waals surface area contributed by atoms with Crippen LogP contribution in [0.25, 0.3) is 0 Å². The highest BCUT2D eigenvalue weighted by molar-refractivity contribution is 5.74. The normalized spacial score (nSPS) is 13.5. The van der Waals surface area contributed by atoms with E-state index in [0.717, 1.165) is 5.75 Å². The first-order chi connectivity index (χ1) is 8.61. The van der Waals surface area contributed by atoms with Crippen LogP contribution in [-0.4, -0.2) is 36.4 Å². The van der Waals surface area contributed by atoms with Crippen molar-refractivity contribution in [2.75, 3.05) is 13.2 Å². The van der Waals surface area contributed by atoms with E-state index < -0.39 is 0 Å². The molecule has 1 rings (SSSR count). The molecule has 1 aromatic rings. The van der Waals surface area contributed by atoms with Crippen molar-refractivity contribution >= 4 is 6.03 Å². The molecule has 5 nitrogen and oxygen atoms in total. The molecular formula is C13H20N2O3. The fourth-order valence-electron chi connectivity index (χ4n) is 1.33. The number of carbonyl (C=O) groups is 1. The Kier molecular flexibility index (Phi) is 6.00. The fraction of sp³-hybridized carbons (Fsp3) is 0.462. The molecular weight excluding hydrogens is 232 g/mol. The van der Waals surface area contributed by atoms with E-state index in [-0.39, 0.29) is 24.8 Å². The van der Waals surface area contributed by atoms with E-state index in [4.69, 9.17) is 9.84 Å². The Morgan fingerprint density at radius 2 is 2.00 bits per heavy atom. The van der Waals surface area contributed by atoms with Gasteiger partial charge in [0.15, 0.2) is 0 Å². The molecule has 0 spiro atoms. The molecule has 3 N–H and O–H groups in total. The van der Waals surface area contributed by atoms with Gasteiger partial charge in [0.1, 0.15) is 11.9 Å². The van der Waals surface area contributed by atoms with E-state index in [1.165, 1.54) is 0 Å². The molecule has 2 unspecified atom stereocenters. The number of urea groups is 1. The Morgan fingerprint density at radius 3 is 2.61 bits per heavy atom. The van der Waals surface area contributed by atoms with Crippen LogP contribution in [0.3, 0.4) is 0 Å². The molecule has 0 saturated carbocycles. The lowest BCUT2D eigenvalue weighted by molar-refractivity contribution is 0.200. The number of para-hydroxylation sites is 1. The van der Waals surface area contributed by atoms with Gasteiger partial charge in [-0.15, -0.1) is 0 Å². The van der Waals surface area contributed by atoms with Crippen molar-refractivity contribution in [3.63, 3.8) is 0 Å².